The van der Waals surface area contributed by atoms with Gasteiger partial charge in [-0.25, -0.2) is 9.50 Å². The molecule has 1 aliphatic heterocycles. The highest BCUT2D eigenvalue weighted by molar-refractivity contribution is 7.20. The standard InChI is InChI=1S/C16H22N6OS/c1-10-17-13(23-20-10)11-6-5-7-21(8-11)15-19-22-9-12(16(2,3)4)18-14(22)24-15/h9,11H,5-8H2,1-4H3. The Hall–Kier alpha value is -1.96. The van der Waals surface area contributed by atoms with Crippen molar-refractivity contribution in [2.45, 2.75) is 51.9 Å². The first-order valence-corrected chi connectivity index (χ1v) is 9.13. The highest BCUT2D eigenvalue weighted by atomic mass is 32.1. The largest absolute Gasteiger partial charge is 0.346 e. The van der Waals surface area contributed by atoms with Crippen LogP contribution in [0.4, 0.5) is 5.13 Å². The average molecular weight is 346 g/mol. The first-order chi connectivity index (χ1) is 11.4. The Morgan fingerprint density at radius 3 is 2.79 bits per heavy atom. The van der Waals surface area contributed by atoms with Crippen molar-refractivity contribution >= 4 is 21.4 Å². The van der Waals surface area contributed by atoms with Gasteiger partial charge in [-0.15, -0.1) is 5.10 Å². The van der Waals surface area contributed by atoms with Gasteiger partial charge in [0, 0.05) is 18.5 Å². The maximum Gasteiger partial charge on any atom is 0.231 e. The van der Waals surface area contributed by atoms with Crippen LogP contribution >= 0.6 is 11.3 Å². The number of hydrogen-bond acceptors (Lipinski definition) is 7. The van der Waals surface area contributed by atoms with Gasteiger partial charge in [0.2, 0.25) is 16.0 Å². The van der Waals surface area contributed by atoms with Crippen LogP contribution in [0, 0.1) is 6.92 Å². The van der Waals surface area contributed by atoms with Gasteiger partial charge >= 0.3 is 0 Å². The molecular formula is C16H22N6OS. The predicted octanol–water partition coefficient (Wildman–Crippen LogP) is 3.16. The van der Waals surface area contributed by atoms with E-state index in [0.29, 0.717) is 5.82 Å². The zero-order valence-electron chi connectivity index (χ0n) is 14.5. The number of aromatic nitrogens is 5. The van der Waals surface area contributed by atoms with Crippen molar-refractivity contribution in [2.24, 2.45) is 0 Å². The molecule has 1 saturated heterocycles. The zero-order chi connectivity index (χ0) is 16.9. The molecule has 0 amide bonds. The molecule has 128 valence electrons. The molecule has 1 atom stereocenters. The molecule has 0 bridgehead atoms. The first-order valence-electron chi connectivity index (χ1n) is 8.32. The lowest BCUT2D eigenvalue weighted by molar-refractivity contribution is 0.331. The summed E-state index contributed by atoms with van der Waals surface area (Å²) in [7, 11) is 0. The lowest BCUT2D eigenvalue weighted by Gasteiger charge is -2.30. The fraction of sp³-hybridized carbons (Fsp3) is 0.625. The SMILES string of the molecule is Cc1noc(C2CCCN(c3nn4cc(C(C)(C)C)nc4s3)C2)n1. The fourth-order valence-electron chi connectivity index (χ4n) is 3.01. The van der Waals surface area contributed by atoms with E-state index in [1.807, 2.05) is 17.6 Å². The number of piperidine rings is 1. The molecule has 0 aromatic carbocycles. The second-order valence-corrected chi connectivity index (χ2v) is 8.39. The number of fused-ring (bicyclic) bond motifs is 1. The van der Waals surface area contributed by atoms with Crippen LogP contribution in [0.3, 0.4) is 0 Å². The number of aryl methyl sites for hydroxylation is 1. The molecule has 4 heterocycles. The smallest absolute Gasteiger partial charge is 0.231 e. The summed E-state index contributed by atoms with van der Waals surface area (Å²) in [4.78, 5) is 12.4. The van der Waals surface area contributed by atoms with E-state index >= 15 is 0 Å². The maximum absolute atomic E-state index is 5.36. The summed E-state index contributed by atoms with van der Waals surface area (Å²) in [6.45, 7) is 10.2. The maximum atomic E-state index is 5.36. The van der Waals surface area contributed by atoms with Crippen LogP contribution in [0.1, 0.15) is 56.9 Å². The number of hydrogen-bond donors (Lipinski definition) is 0. The van der Waals surface area contributed by atoms with E-state index in [1.54, 1.807) is 11.3 Å². The molecule has 0 radical (unpaired) electrons. The van der Waals surface area contributed by atoms with E-state index in [4.69, 9.17) is 14.6 Å². The molecule has 0 aliphatic carbocycles. The summed E-state index contributed by atoms with van der Waals surface area (Å²) >= 11 is 1.64. The van der Waals surface area contributed by atoms with Gasteiger partial charge in [-0.05, 0) is 19.8 Å². The van der Waals surface area contributed by atoms with Crippen LogP contribution in [-0.4, -0.2) is 37.8 Å². The summed E-state index contributed by atoms with van der Waals surface area (Å²) in [5, 5.41) is 9.67. The molecular weight excluding hydrogens is 324 g/mol. The van der Waals surface area contributed by atoms with Crippen molar-refractivity contribution in [1.82, 2.24) is 24.7 Å². The number of imidazole rings is 1. The average Bonchev–Trinajstić information content (AvgIpc) is 3.20. The highest BCUT2D eigenvalue weighted by Gasteiger charge is 2.28. The first kappa shape index (κ1) is 15.6. The Balaban J connectivity index is 1.56. The van der Waals surface area contributed by atoms with Gasteiger partial charge < -0.3 is 9.42 Å². The Morgan fingerprint density at radius 1 is 1.29 bits per heavy atom. The molecule has 0 saturated carbocycles. The molecule has 1 aliphatic rings. The van der Waals surface area contributed by atoms with Gasteiger partial charge in [-0.2, -0.15) is 4.98 Å². The summed E-state index contributed by atoms with van der Waals surface area (Å²) in [5.41, 5.74) is 1.12. The molecule has 4 rings (SSSR count). The third kappa shape index (κ3) is 2.79. The van der Waals surface area contributed by atoms with Gasteiger partial charge in [0.1, 0.15) is 0 Å². The molecule has 0 spiro atoms. The summed E-state index contributed by atoms with van der Waals surface area (Å²) in [5.74, 6) is 1.72. The van der Waals surface area contributed by atoms with Crippen LogP contribution in [0.5, 0.6) is 0 Å². The third-order valence-electron chi connectivity index (χ3n) is 4.39. The molecule has 7 nitrogen and oxygen atoms in total. The highest BCUT2D eigenvalue weighted by Crippen LogP contribution is 2.32. The lowest BCUT2D eigenvalue weighted by atomic mass is 9.93. The Bertz CT molecular complexity index is 826. The molecule has 8 heteroatoms. The Labute approximate surface area is 144 Å². The summed E-state index contributed by atoms with van der Waals surface area (Å²) < 4.78 is 7.27. The van der Waals surface area contributed by atoms with Crippen molar-refractivity contribution < 1.29 is 4.52 Å². The van der Waals surface area contributed by atoms with Crippen LogP contribution in [0.25, 0.3) is 4.96 Å². The minimum Gasteiger partial charge on any atom is -0.346 e. The second kappa shape index (κ2) is 5.54. The third-order valence-corrected chi connectivity index (χ3v) is 5.37. The van der Waals surface area contributed by atoms with Crippen molar-refractivity contribution in [3.8, 4) is 0 Å². The van der Waals surface area contributed by atoms with Gasteiger partial charge in [0.05, 0.1) is 17.8 Å². The van der Waals surface area contributed by atoms with Gasteiger partial charge in [0.15, 0.2) is 5.82 Å². The van der Waals surface area contributed by atoms with E-state index in [1.165, 1.54) is 0 Å². The van der Waals surface area contributed by atoms with Crippen LogP contribution in [0.15, 0.2) is 10.7 Å². The fourth-order valence-corrected chi connectivity index (χ4v) is 3.93. The van der Waals surface area contributed by atoms with Gasteiger partial charge in [-0.3, -0.25) is 0 Å². The minimum absolute atomic E-state index is 0.0413. The molecule has 3 aromatic rings. The van der Waals surface area contributed by atoms with E-state index < -0.39 is 0 Å². The zero-order valence-corrected chi connectivity index (χ0v) is 15.3. The summed E-state index contributed by atoms with van der Waals surface area (Å²) in [6, 6.07) is 0. The van der Waals surface area contributed by atoms with Crippen molar-refractivity contribution in [3.05, 3.63) is 23.6 Å². The predicted molar refractivity (Wildman–Crippen MR) is 92.8 cm³/mol. The minimum atomic E-state index is 0.0413. The monoisotopic (exact) mass is 346 g/mol. The van der Waals surface area contributed by atoms with Gasteiger partial charge in [0.25, 0.3) is 0 Å². The lowest BCUT2D eigenvalue weighted by Crippen LogP contribution is -2.34. The molecule has 0 N–H and O–H groups in total. The normalized spacial score (nSPS) is 19.3. The molecule has 1 unspecified atom stereocenters. The summed E-state index contributed by atoms with van der Waals surface area (Å²) in [6.07, 6.45) is 4.22. The van der Waals surface area contributed by atoms with Crippen LogP contribution in [-0.2, 0) is 5.41 Å². The van der Waals surface area contributed by atoms with Crippen molar-refractivity contribution in [1.29, 1.82) is 0 Å². The van der Waals surface area contributed by atoms with Crippen LogP contribution < -0.4 is 4.90 Å². The second-order valence-electron chi connectivity index (χ2n) is 7.45. The van der Waals surface area contributed by atoms with E-state index in [9.17, 15) is 0 Å². The number of anilines is 1. The molecule has 24 heavy (non-hydrogen) atoms. The van der Waals surface area contributed by atoms with Crippen LogP contribution in [0.2, 0.25) is 0 Å². The van der Waals surface area contributed by atoms with Crippen molar-refractivity contribution in [3.63, 3.8) is 0 Å². The topological polar surface area (TPSA) is 72.4 Å². The van der Waals surface area contributed by atoms with Crippen molar-refractivity contribution in [2.75, 3.05) is 18.0 Å². The van der Waals surface area contributed by atoms with E-state index in [-0.39, 0.29) is 11.3 Å². The molecule has 1 fully saturated rings. The quantitative estimate of drug-likeness (QED) is 0.710. The van der Waals surface area contributed by atoms with E-state index in [2.05, 4.69) is 35.8 Å². The van der Waals surface area contributed by atoms with E-state index in [0.717, 1.165) is 47.6 Å². The Kier molecular flexibility index (Phi) is 3.59. The Morgan fingerprint density at radius 2 is 2.12 bits per heavy atom. The molecule has 3 aromatic heterocycles. The van der Waals surface area contributed by atoms with Gasteiger partial charge in [-0.1, -0.05) is 37.3 Å². The number of rotatable bonds is 2. The number of nitrogens with zero attached hydrogens (tertiary/aromatic N) is 6.